The SMILES string of the molecule is CC(C)(Oc1cc(C(C)(C)C#N)c(Cl)cc1Cl)C(=O)NC1CC2CCC(C1)N2c1ccc(C(=O)NCC(F)(F)F)cn1. The lowest BCUT2D eigenvalue weighted by Gasteiger charge is -2.41. The first kappa shape index (κ1) is 31.7. The number of pyridine rings is 1. The standard InChI is InChI=1S/C29H32Cl2F3N5O3/c1-27(2,14-35)20-11-23(22(31)12-21(20)30)42-28(3,4)26(41)38-17-9-18-6-7-19(10-17)39(18)24-8-5-16(13-36-24)25(40)37-15-29(32,33)34/h5,8,11-13,17-19H,6-7,9-10,15H2,1-4H3,(H,37,40)(H,38,41). The maximum Gasteiger partial charge on any atom is 0.405 e. The quantitative estimate of drug-likeness (QED) is 0.375. The Morgan fingerprint density at radius 2 is 1.74 bits per heavy atom. The van der Waals surface area contributed by atoms with Gasteiger partial charge >= 0.3 is 6.18 Å². The Balaban J connectivity index is 1.39. The molecule has 2 unspecified atom stereocenters. The second kappa shape index (κ2) is 11.8. The van der Waals surface area contributed by atoms with Crippen LogP contribution >= 0.6 is 23.2 Å². The molecule has 2 atom stereocenters. The number of halogens is 5. The smallest absolute Gasteiger partial charge is 0.405 e. The fourth-order valence-electron chi connectivity index (χ4n) is 5.45. The maximum absolute atomic E-state index is 13.4. The van der Waals surface area contributed by atoms with Crippen molar-refractivity contribution in [3.8, 4) is 11.8 Å². The molecule has 1 aromatic carbocycles. The molecule has 2 N–H and O–H groups in total. The summed E-state index contributed by atoms with van der Waals surface area (Å²) in [4.78, 5) is 31.9. The van der Waals surface area contributed by atoms with Crippen molar-refractivity contribution < 1.29 is 27.5 Å². The van der Waals surface area contributed by atoms with Crippen molar-refractivity contribution in [1.82, 2.24) is 15.6 Å². The second-order valence-electron chi connectivity index (χ2n) is 11.7. The Kier molecular flexibility index (Phi) is 8.91. The third kappa shape index (κ3) is 7.04. The lowest BCUT2D eigenvalue weighted by Crippen LogP contribution is -2.55. The first-order chi connectivity index (χ1) is 19.5. The van der Waals surface area contributed by atoms with Gasteiger partial charge in [0.25, 0.3) is 11.8 Å². The summed E-state index contributed by atoms with van der Waals surface area (Å²) in [6.45, 7) is 5.32. The van der Waals surface area contributed by atoms with Crippen LogP contribution in [0.25, 0.3) is 0 Å². The number of hydrogen-bond acceptors (Lipinski definition) is 6. The average Bonchev–Trinajstić information content (AvgIpc) is 3.18. The highest BCUT2D eigenvalue weighted by Gasteiger charge is 2.43. The predicted octanol–water partition coefficient (Wildman–Crippen LogP) is 5.96. The van der Waals surface area contributed by atoms with E-state index in [0.29, 0.717) is 29.2 Å². The van der Waals surface area contributed by atoms with Crippen molar-refractivity contribution in [2.24, 2.45) is 0 Å². The zero-order valence-electron chi connectivity index (χ0n) is 23.6. The molecule has 4 rings (SSSR count). The number of amides is 2. The molecule has 2 fully saturated rings. The molecule has 2 saturated heterocycles. The van der Waals surface area contributed by atoms with Gasteiger partial charge in [-0.3, -0.25) is 9.59 Å². The lowest BCUT2D eigenvalue weighted by molar-refractivity contribution is -0.135. The van der Waals surface area contributed by atoms with Gasteiger partial charge in [0.1, 0.15) is 18.1 Å². The summed E-state index contributed by atoms with van der Waals surface area (Å²) in [5.41, 5.74) is -1.60. The van der Waals surface area contributed by atoms with Crippen molar-refractivity contribution in [3.05, 3.63) is 51.6 Å². The number of carbonyl (C=O) groups is 2. The van der Waals surface area contributed by atoms with Crippen LogP contribution in [0.15, 0.2) is 30.5 Å². The Morgan fingerprint density at radius 1 is 1.10 bits per heavy atom. The number of benzene rings is 1. The first-order valence-corrected chi connectivity index (χ1v) is 14.3. The minimum absolute atomic E-state index is 0.0452. The molecular formula is C29H32Cl2F3N5O3. The molecule has 2 bridgehead atoms. The molecule has 0 saturated carbocycles. The molecule has 42 heavy (non-hydrogen) atoms. The molecule has 3 heterocycles. The van der Waals surface area contributed by atoms with E-state index in [1.807, 2.05) is 5.32 Å². The number of alkyl halides is 3. The normalized spacial score (nSPS) is 20.6. The summed E-state index contributed by atoms with van der Waals surface area (Å²) < 4.78 is 43.3. The predicted molar refractivity (Wildman–Crippen MR) is 153 cm³/mol. The number of nitrogens with zero attached hydrogens (tertiary/aromatic N) is 3. The van der Waals surface area contributed by atoms with Crippen LogP contribution in [0, 0.1) is 11.3 Å². The molecule has 2 amide bonds. The highest BCUT2D eigenvalue weighted by Crippen LogP contribution is 2.40. The number of aromatic nitrogens is 1. The fraction of sp³-hybridized carbons (Fsp3) is 0.517. The van der Waals surface area contributed by atoms with Crippen molar-refractivity contribution in [2.75, 3.05) is 11.4 Å². The van der Waals surface area contributed by atoms with Crippen LogP contribution in [0.5, 0.6) is 5.75 Å². The van der Waals surface area contributed by atoms with Gasteiger partial charge in [-0.05, 0) is 83.2 Å². The molecule has 2 aliphatic rings. The van der Waals surface area contributed by atoms with Gasteiger partial charge in [0, 0.05) is 29.3 Å². The van der Waals surface area contributed by atoms with Crippen molar-refractivity contribution in [2.45, 2.75) is 88.7 Å². The van der Waals surface area contributed by atoms with Crippen molar-refractivity contribution >= 4 is 40.8 Å². The fourth-order valence-corrected chi connectivity index (χ4v) is 6.11. The number of ether oxygens (including phenoxy) is 1. The Hall–Kier alpha value is -3.23. The minimum atomic E-state index is -4.50. The van der Waals surface area contributed by atoms with Crippen molar-refractivity contribution in [1.29, 1.82) is 5.26 Å². The topological polar surface area (TPSA) is 107 Å². The Labute approximate surface area is 252 Å². The highest BCUT2D eigenvalue weighted by atomic mass is 35.5. The third-order valence-electron chi connectivity index (χ3n) is 7.68. The van der Waals surface area contributed by atoms with E-state index in [1.165, 1.54) is 18.3 Å². The zero-order valence-corrected chi connectivity index (χ0v) is 25.1. The molecule has 226 valence electrons. The minimum Gasteiger partial charge on any atom is -0.476 e. The van der Waals surface area contributed by atoms with Gasteiger partial charge in [-0.2, -0.15) is 18.4 Å². The number of hydrogen-bond donors (Lipinski definition) is 2. The average molecular weight is 627 g/mol. The van der Waals surface area contributed by atoms with E-state index in [1.54, 1.807) is 39.8 Å². The Bertz CT molecular complexity index is 1380. The maximum atomic E-state index is 13.4. The molecule has 2 aromatic rings. The summed E-state index contributed by atoms with van der Waals surface area (Å²) in [6, 6.07) is 8.49. The molecule has 0 aliphatic carbocycles. The summed E-state index contributed by atoms with van der Waals surface area (Å²) in [5, 5.41) is 15.1. The van der Waals surface area contributed by atoms with E-state index in [4.69, 9.17) is 27.9 Å². The van der Waals surface area contributed by atoms with E-state index in [-0.39, 0.29) is 40.4 Å². The van der Waals surface area contributed by atoms with Crippen LogP contribution in [0.3, 0.4) is 0 Å². The molecule has 8 nitrogen and oxygen atoms in total. The van der Waals surface area contributed by atoms with Gasteiger partial charge in [-0.1, -0.05) is 23.2 Å². The first-order valence-electron chi connectivity index (χ1n) is 13.5. The number of piperidine rings is 1. The largest absolute Gasteiger partial charge is 0.476 e. The van der Waals surface area contributed by atoms with E-state index in [0.717, 1.165) is 12.8 Å². The Morgan fingerprint density at radius 3 is 2.29 bits per heavy atom. The molecular weight excluding hydrogens is 594 g/mol. The van der Waals surface area contributed by atoms with E-state index in [9.17, 15) is 28.0 Å². The number of anilines is 1. The number of fused-ring (bicyclic) bond motifs is 2. The summed E-state index contributed by atoms with van der Waals surface area (Å²) >= 11 is 12.7. The van der Waals surface area contributed by atoms with E-state index < -0.39 is 29.6 Å². The van der Waals surface area contributed by atoms with Crippen LogP contribution in [-0.4, -0.2) is 53.2 Å². The molecule has 0 spiro atoms. The van der Waals surface area contributed by atoms with E-state index >= 15 is 0 Å². The lowest BCUT2D eigenvalue weighted by atomic mass is 9.86. The van der Waals surface area contributed by atoms with E-state index in [2.05, 4.69) is 21.3 Å². The summed E-state index contributed by atoms with van der Waals surface area (Å²) in [5.74, 6) is -0.280. The number of nitrogens with one attached hydrogen (secondary N) is 2. The van der Waals surface area contributed by atoms with Crippen LogP contribution in [-0.2, 0) is 10.2 Å². The number of nitriles is 1. The molecule has 0 radical (unpaired) electrons. The van der Waals surface area contributed by atoms with Gasteiger partial charge in [0.15, 0.2) is 5.60 Å². The van der Waals surface area contributed by atoms with Crippen LogP contribution in [0.2, 0.25) is 10.0 Å². The van der Waals surface area contributed by atoms with Gasteiger partial charge in [-0.15, -0.1) is 0 Å². The summed E-state index contributed by atoms with van der Waals surface area (Å²) in [7, 11) is 0. The zero-order chi connectivity index (χ0) is 31.0. The van der Waals surface area contributed by atoms with Crippen molar-refractivity contribution in [3.63, 3.8) is 0 Å². The number of rotatable bonds is 8. The van der Waals surface area contributed by atoms with Gasteiger partial charge in [0.2, 0.25) is 0 Å². The molecule has 1 aromatic heterocycles. The van der Waals surface area contributed by atoms with Crippen LogP contribution in [0.1, 0.15) is 69.3 Å². The van der Waals surface area contributed by atoms with Crippen LogP contribution < -0.4 is 20.3 Å². The highest BCUT2D eigenvalue weighted by molar-refractivity contribution is 6.36. The third-order valence-corrected chi connectivity index (χ3v) is 8.29. The molecule has 13 heteroatoms. The molecule has 2 aliphatic heterocycles. The number of carbonyl (C=O) groups excluding carboxylic acids is 2. The monoisotopic (exact) mass is 625 g/mol. The van der Waals surface area contributed by atoms with Gasteiger partial charge in [-0.25, -0.2) is 4.98 Å². The second-order valence-corrected chi connectivity index (χ2v) is 12.6. The van der Waals surface area contributed by atoms with Gasteiger partial charge < -0.3 is 20.3 Å². The van der Waals surface area contributed by atoms with Crippen LogP contribution in [0.4, 0.5) is 19.0 Å². The summed E-state index contributed by atoms with van der Waals surface area (Å²) in [6.07, 6.45) is -0.106. The van der Waals surface area contributed by atoms with Gasteiger partial charge in [0.05, 0.1) is 22.1 Å².